The molecule has 1 aliphatic rings. The van der Waals surface area contributed by atoms with E-state index in [0.717, 1.165) is 5.65 Å². The fourth-order valence-electron chi connectivity index (χ4n) is 3.52. The Labute approximate surface area is 137 Å². The van der Waals surface area contributed by atoms with Crippen LogP contribution in [0.15, 0.2) is 24.5 Å². The quantitative estimate of drug-likeness (QED) is 0.542. The minimum Gasteiger partial charge on any atom is -0.266 e. The summed E-state index contributed by atoms with van der Waals surface area (Å²) in [5.41, 5.74) is 3.38. The van der Waals surface area contributed by atoms with E-state index in [-0.39, 0.29) is 0 Å². The van der Waals surface area contributed by atoms with E-state index in [1.165, 1.54) is 23.5 Å². The van der Waals surface area contributed by atoms with Crippen molar-refractivity contribution in [2.45, 2.75) is 40.3 Å². The van der Waals surface area contributed by atoms with Gasteiger partial charge in [0.15, 0.2) is 6.71 Å². The number of nitrogens with zero attached hydrogens (tertiary/aromatic N) is 2. The average molecular weight is 398 g/mol. The highest BCUT2D eigenvalue weighted by molar-refractivity contribution is 14.2. The third kappa shape index (κ3) is 2.21. The average Bonchev–Trinajstić information content (AvgIpc) is 2.88. The van der Waals surface area contributed by atoms with Crippen LogP contribution >= 0.6 is 30.3 Å². The van der Waals surface area contributed by atoms with E-state index < -0.39 is 0 Å². The van der Waals surface area contributed by atoms with Crippen molar-refractivity contribution in [3.05, 3.63) is 24.5 Å². The van der Waals surface area contributed by atoms with Gasteiger partial charge in [0.25, 0.3) is 0 Å². The van der Waals surface area contributed by atoms with Gasteiger partial charge in [0.05, 0.1) is 0 Å². The van der Waals surface area contributed by atoms with Crippen LogP contribution in [-0.4, -0.2) is 15.7 Å². The van der Waals surface area contributed by atoms with Crippen LogP contribution in [0.4, 0.5) is 0 Å². The van der Waals surface area contributed by atoms with Crippen LogP contribution in [0.3, 0.4) is 0 Å². The topological polar surface area (TPSA) is 17.8 Å². The second-order valence-electron chi connectivity index (χ2n) is 7.22. The lowest BCUT2D eigenvalue weighted by atomic mass is 9.42. The van der Waals surface area contributed by atoms with Gasteiger partial charge in [-0.25, -0.2) is 4.98 Å². The van der Waals surface area contributed by atoms with Crippen molar-refractivity contribution in [1.29, 1.82) is 0 Å². The van der Waals surface area contributed by atoms with E-state index in [4.69, 9.17) is 0 Å². The molecular formula is C15H20BIN2S. The Bertz CT molecular complexity index is 634. The van der Waals surface area contributed by atoms with E-state index >= 15 is 0 Å². The molecule has 0 aromatic carbocycles. The van der Waals surface area contributed by atoms with Crippen molar-refractivity contribution in [3.8, 4) is 0 Å². The lowest BCUT2D eigenvalue weighted by molar-refractivity contribution is 0.177. The highest BCUT2D eigenvalue weighted by Crippen LogP contribution is 2.52. The van der Waals surface area contributed by atoms with Gasteiger partial charge < -0.3 is 0 Å². The summed E-state index contributed by atoms with van der Waals surface area (Å²) in [5, 5.41) is 1.33. The van der Waals surface area contributed by atoms with Crippen LogP contribution in [0.1, 0.15) is 27.7 Å². The molecule has 0 unspecified atom stereocenters. The van der Waals surface area contributed by atoms with Crippen LogP contribution in [0, 0.1) is 10.8 Å². The number of aromatic nitrogens is 2. The zero-order valence-corrected chi connectivity index (χ0v) is 15.5. The van der Waals surface area contributed by atoms with Crippen molar-refractivity contribution < 1.29 is 0 Å². The van der Waals surface area contributed by atoms with Crippen LogP contribution in [0.2, 0.25) is 12.6 Å². The first-order valence-corrected chi connectivity index (χ1v) is 10.4. The largest absolute Gasteiger partial charge is 0.266 e. The monoisotopic (exact) mass is 398 g/mol. The van der Waals surface area contributed by atoms with Gasteiger partial charge in [0.1, 0.15) is 5.65 Å². The molecule has 0 N–H and O–H groups in total. The van der Waals surface area contributed by atoms with Gasteiger partial charge >= 0.3 is 0 Å². The molecule has 20 heavy (non-hydrogen) atoms. The maximum atomic E-state index is 4.55. The molecule has 0 radical (unpaired) electrons. The van der Waals surface area contributed by atoms with Gasteiger partial charge in [-0.15, -0.1) is 0 Å². The Hall–Kier alpha value is -0.165. The molecule has 3 rings (SSSR count). The molecule has 0 amide bonds. The Balaban J connectivity index is 2.06. The molecule has 3 heterocycles. The maximum Gasteiger partial charge on any atom is 0.178 e. The van der Waals surface area contributed by atoms with Gasteiger partial charge in [-0.3, -0.25) is 3.97 Å². The molecular weight excluding hydrogens is 378 g/mol. The molecule has 1 saturated heterocycles. The maximum absolute atomic E-state index is 4.55. The van der Waals surface area contributed by atoms with E-state index in [1.54, 1.807) is 9.12 Å². The number of halogens is 1. The van der Waals surface area contributed by atoms with Gasteiger partial charge in [0, 0.05) is 48.1 Å². The normalized spacial score (nSPS) is 20.8. The van der Waals surface area contributed by atoms with Crippen molar-refractivity contribution in [3.63, 3.8) is 0 Å². The molecule has 2 aromatic rings. The van der Waals surface area contributed by atoms with Gasteiger partial charge in [-0.2, -0.15) is 0 Å². The Kier molecular flexibility index (Phi) is 3.64. The van der Waals surface area contributed by atoms with Crippen LogP contribution in [0.5, 0.6) is 0 Å². The van der Waals surface area contributed by atoms with E-state index in [9.17, 15) is 0 Å². The van der Waals surface area contributed by atoms with Crippen LogP contribution < -0.4 is 5.46 Å². The number of fused-ring (bicyclic) bond motifs is 1. The van der Waals surface area contributed by atoms with Gasteiger partial charge in [0.2, 0.25) is 0 Å². The summed E-state index contributed by atoms with van der Waals surface area (Å²) in [6.45, 7) is 10.3. The zero-order valence-electron chi connectivity index (χ0n) is 12.5. The van der Waals surface area contributed by atoms with Crippen LogP contribution in [-0.2, 0) is 0 Å². The molecule has 0 saturated carbocycles. The van der Waals surface area contributed by atoms with E-state index in [0.29, 0.717) is 17.5 Å². The third-order valence-corrected chi connectivity index (χ3v) is 7.16. The second-order valence-corrected chi connectivity index (χ2v) is 8.93. The lowest BCUT2D eigenvalue weighted by Gasteiger charge is -2.35. The Morgan fingerprint density at radius 1 is 1.20 bits per heavy atom. The molecule has 0 bridgehead atoms. The summed E-state index contributed by atoms with van der Waals surface area (Å²) in [6.07, 6.45) is 6.63. The van der Waals surface area contributed by atoms with Crippen molar-refractivity contribution in [2.24, 2.45) is 10.8 Å². The molecule has 5 heteroatoms. The predicted molar refractivity (Wildman–Crippen MR) is 99.3 cm³/mol. The predicted octanol–water partition coefficient (Wildman–Crippen LogP) is 4.65. The second kappa shape index (κ2) is 4.94. The zero-order chi connectivity index (χ0) is 14.5. The summed E-state index contributed by atoms with van der Waals surface area (Å²) in [5.74, 6) is 0. The summed E-state index contributed by atoms with van der Waals surface area (Å²) in [6, 6.07) is 4.45. The number of rotatable bonds is 2. The van der Waals surface area contributed by atoms with Crippen molar-refractivity contribution >= 4 is 53.5 Å². The van der Waals surface area contributed by atoms with E-state index in [2.05, 4.69) is 76.2 Å². The minimum atomic E-state index is 0.397. The molecule has 0 aliphatic carbocycles. The first-order valence-electron chi connectivity index (χ1n) is 7.11. The summed E-state index contributed by atoms with van der Waals surface area (Å²) in [7, 11) is 1.68. The molecule has 1 fully saturated rings. The fourth-order valence-corrected chi connectivity index (χ4v) is 4.80. The SMILES string of the molecule is CC1(C)CB(c2ccnc3c2ccn3SI)CC1(C)C. The highest BCUT2D eigenvalue weighted by Gasteiger charge is 2.48. The minimum absolute atomic E-state index is 0.397. The van der Waals surface area contributed by atoms with E-state index in [1.807, 2.05) is 6.20 Å². The third-order valence-electron chi connectivity index (χ3n) is 5.45. The smallest absolute Gasteiger partial charge is 0.178 e. The summed E-state index contributed by atoms with van der Waals surface area (Å²) < 4.78 is 2.14. The number of pyridine rings is 1. The van der Waals surface area contributed by atoms with Gasteiger partial charge in [-0.05, 0) is 23.0 Å². The molecule has 0 atom stereocenters. The standard InChI is InChI=1S/C15H20BIN2S/c1-14(2)9-16(10-15(14,3)4)12-5-7-18-13-11(12)6-8-19(13)20-17/h5-8H,9-10H2,1-4H3. The molecule has 2 aromatic heterocycles. The molecule has 0 spiro atoms. The fraction of sp³-hybridized carbons (Fsp3) is 0.533. The number of hydrogen-bond donors (Lipinski definition) is 0. The molecule has 106 valence electrons. The molecule has 1 aliphatic heterocycles. The lowest BCUT2D eigenvalue weighted by Crippen LogP contribution is -2.28. The van der Waals surface area contributed by atoms with Crippen molar-refractivity contribution in [2.75, 3.05) is 0 Å². The highest BCUT2D eigenvalue weighted by atomic mass is 127. The first kappa shape index (κ1) is 14.8. The molecule has 2 nitrogen and oxygen atoms in total. The number of hydrogen-bond acceptors (Lipinski definition) is 2. The Morgan fingerprint density at radius 2 is 1.85 bits per heavy atom. The Morgan fingerprint density at radius 3 is 2.45 bits per heavy atom. The summed E-state index contributed by atoms with van der Waals surface area (Å²) in [4.78, 5) is 4.55. The van der Waals surface area contributed by atoms with Crippen molar-refractivity contribution in [1.82, 2.24) is 8.96 Å². The van der Waals surface area contributed by atoms with Crippen LogP contribution in [0.25, 0.3) is 11.0 Å². The van der Waals surface area contributed by atoms with Gasteiger partial charge in [-0.1, -0.05) is 45.8 Å². The first-order chi connectivity index (χ1) is 9.36. The summed E-state index contributed by atoms with van der Waals surface area (Å²) >= 11 is 2.31.